The minimum Gasteiger partial charge on any atom is -0.480 e. The molecule has 1 aliphatic carbocycles. The first kappa shape index (κ1) is 16.2. The lowest BCUT2D eigenvalue weighted by atomic mass is 9.81. The molecule has 1 aliphatic rings. The quantitative estimate of drug-likeness (QED) is 0.882. The maximum absolute atomic E-state index is 12.3. The Hall–Kier alpha value is -2.63. The van der Waals surface area contributed by atoms with Crippen LogP contribution in [0, 0.1) is 0 Å². The summed E-state index contributed by atoms with van der Waals surface area (Å²) in [5.74, 6) is -1.21. The maximum Gasteiger partial charge on any atom is 0.329 e. The van der Waals surface area contributed by atoms with Gasteiger partial charge in [0.1, 0.15) is 5.54 Å². The Morgan fingerprint density at radius 1 is 1.17 bits per heavy atom. The molecule has 0 aliphatic heterocycles. The van der Waals surface area contributed by atoms with Gasteiger partial charge in [0.05, 0.1) is 18.3 Å². The Bertz CT molecular complexity index is 718. The van der Waals surface area contributed by atoms with Gasteiger partial charge in [-0.15, -0.1) is 0 Å². The van der Waals surface area contributed by atoms with Crippen LogP contribution in [-0.2, 0) is 16.0 Å². The number of nitrogens with zero attached hydrogens (tertiary/aromatic N) is 2. The first-order valence-electron chi connectivity index (χ1n) is 8.22. The Balaban J connectivity index is 1.67. The third-order valence-corrected chi connectivity index (χ3v) is 4.52. The second-order valence-electron chi connectivity index (χ2n) is 6.30. The number of hydrogen-bond acceptors (Lipinski definition) is 3. The highest BCUT2D eigenvalue weighted by atomic mass is 16.4. The van der Waals surface area contributed by atoms with Gasteiger partial charge in [0.15, 0.2) is 0 Å². The zero-order chi connectivity index (χ0) is 17.0. The van der Waals surface area contributed by atoms with Gasteiger partial charge in [-0.3, -0.25) is 4.79 Å². The van der Waals surface area contributed by atoms with Gasteiger partial charge in [-0.25, -0.2) is 9.48 Å². The van der Waals surface area contributed by atoms with Gasteiger partial charge in [0.2, 0.25) is 5.91 Å². The molecule has 6 nitrogen and oxygen atoms in total. The number of para-hydroxylation sites is 1. The van der Waals surface area contributed by atoms with Crippen molar-refractivity contribution < 1.29 is 14.7 Å². The summed E-state index contributed by atoms with van der Waals surface area (Å²) in [5, 5.41) is 16.5. The fraction of sp³-hybridized carbons (Fsp3) is 0.389. The van der Waals surface area contributed by atoms with Crippen LogP contribution in [0.4, 0.5) is 0 Å². The van der Waals surface area contributed by atoms with Crippen molar-refractivity contribution in [2.75, 3.05) is 0 Å². The lowest BCUT2D eigenvalue weighted by Crippen LogP contribution is -2.55. The van der Waals surface area contributed by atoms with Crippen molar-refractivity contribution in [3.8, 4) is 5.69 Å². The third-order valence-electron chi connectivity index (χ3n) is 4.52. The Morgan fingerprint density at radius 3 is 2.54 bits per heavy atom. The number of benzene rings is 1. The summed E-state index contributed by atoms with van der Waals surface area (Å²) in [6.45, 7) is 0. The highest BCUT2D eigenvalue weighted by molar-refractivity contribution is 5.88. The van der Waals surface area contributed by atoms with Crippen molar-refractivity contribution in [3.05, 3.63) is 48.3 Å². The van der Waals surface area contributed by atoms with Crippen molar-refractivity contribution in [1.82, 2.24) is 15.1 Å². The summed E-state index contributed by atoms with van der Waals surface area (Å²) in [4.78, 5) is 23.9. The van der Waals surface area contributed by atoms with Crippen LogP contribution < -0.4 is 5.32 Å². The number of aromatic nitrogens is 2. The molecule has 1 heterocycles. The molecule has 0 bridgehead atoms. The molecule has 1 amide bonds. The van der Waals surface area contributed by atoms with E-state index in [2.05, 4.69) is 10.4 Å². The first-order valence-corrected chi connectivity index (χ1v) is 8.22. The van der Waals surface area contributed by atoms with Crippen molar-refractivity contribution in [2.45, 2.75) is 44.1 Å². The van der Waals surface area contributed by atoms with E-state index in [1.165, 1.54) is 0 Å². The van der Waals surface area contributed by atoms with E-state index in [1.54, 1.807) is 17.1 Å². The fourth-order valence-corrected chi connectivity index (χ4v) is 3.22. The summed E-state index contributed by atoms with van der Waals surface area (Å²) in [6, 6.07) is 9.62. The maximum atomic E-state index is 12.3. The number of rotatable bonds is 5. The summed E-state index contributed by atoms with van der Waals surface area (Å²) in [6.07, 6.45) is 7.24. The Kier molecular flexibility index (Phi) is 4.64. The van der Waals surface area contributed by atoms with E-state index < -0.39 is 11.5 Å². The number of amides is 1. The van der Waals surface area contributed by atoms with E-state index in [0.717, 1.165) is 30.5 Å². The van der Waals surface area contributed by atoms with E-state index in [4.69, 9.17) is 0 Å². The third kappa shape index (κ3) is 3.48. The van der Waals surface area contributed by atoms with Crippen LogP contribution in [0.3, 0.4) is 0 Å². The summed E-state index contributed by atoms with van der Waals surface area (Å²) < 4.78 is 1.70. The lowest BCUT2D eigenvalue weighted by molar-refractivity contribution is -0.149. The van der Waals surface area contributed by atoms with Crippen molar-refractivity contribution in [2.24, 2.45) is 0 Å². The SMILES string of the molecule is O=C(Cc1cnn(-c2ccccc2)c1)NC1(C(=O)O)CCCCC1. The van der Waals surface area contributed by atoms with Gasteiger partial charge in [-0.2, -0.15) is 5.10 Å². The minimum absolute atomic E-state index is 0.127. The molecule has 0 spiro atoms. The molecule has 1 saturated carbocycles. The lowest BCUT2D eigenvalue weighted by Gasteiger charge is -2.33. The van der Waals surface area contributed by atoms with E-state index in [0.29, 0.717) is 12.8 Å². The minimum atomic E-state index is -1.11. The second kappa shape index (κ2) is 6.86. The van der Waals surface area contributed by atoms with Crippen LogP contribution in [0.5, 0.6) is 0 Å². The van der Waals surface area contributed by atoms with Crippen LogP contribution >= 0.6 is 0 Å². The van der Waals surface area contributed by atoms with Crippen molar-refractivity contribution >= 4 is 11.9 Å². The molecule has 0 saturated heterocycles. The van der Waals surface area contributed by atoms with E-state index in [1.807, 2.05) is 30.3 Å². The van der Waals surface area contributed by atoms with Gasteiger partial charge in [-0.1, -0.05) is 37.5 Å². The first-order chi connectivity index (χ1) is 11.6. The molecular formula is C18H21N3O3. The van der Waals surface area contributed by atoms with Crippen molar-refractivity contribution in [3.63, 3.8) is 0 Å². The Morgan fingerprint density at radius 2 is 1.88 bits per heavy atom. The molecule has 6 heteroatoms. The van der Waals surface area contributed by atoms with E-state index >= 15 is 0 Å². The number of hydrogen-bond donors (Lipinski definition) is 2. The summed E-state index contributed by atoms with van der Waals surface area (Å²) >= 11 is 0. The molecule has 126 valence electrons. The molecule has 2 aromatic rings. The normalized spacial score (nSPS) is 16.5. The Labute approximate surface area is 140 Å². The molecule has 1 aromatic carbocycles. The smallest absolute Gasteiger partial charge is 0.329 e. The molecule has 2 N–H and O–H groups in total. The monoisotopic (exact) mass is 327 g/mol. The van der Waals surface area contributed by atoms with Crippen LogP contribution in [0.1, 0.15) is 37.7 Å². The average Bonchev–Trinajstić information content (AvgIpc) is 3.04. The van der Waals surface area contributed by atoms with Gasteiger partial charge in [0.25, 0.3) is 0 Å². The van der Waals surface area contributed by atoms with E-state index in [-0.39, 0.29) is 12.3 Å². The predicted molar refractivity (Wildman–Crippen MR) is 88.9 cm³/mol. The van der Waals surface area contributed by atoms with Crippen LogP contribution in [0.25, 0.3) is 5.69 Å². The summed E-state index contributed by atoms with van der Waals surface area (Å²) in [5.41, 5.74) is 0.566. The van der Waals surface area contributed by atoms with Crippen LogP contribution in [0.2, 0.25) is 0 Å². The average molecular weight is 327 g/mol. The molecule has 0 unspecified atom stereocenters. The van der Waals surface area contributed by atoms with E-state index in [9.17, 15) is 14.7 Å². The number of aliphatic carboxylic acids is 1. The molecular weight excluding hydrogens is 306 g/mol. The van der Waals surface area contributed by atoms with Crippen LogP contribution in [-0.4, -0.2) is 32.3 Å². The topological polar surface area (TPSA) is 84.2 Å². The number of carboxylic acids is 1. The predicted octanol–water partition coefficient (Wildman–Crippen LogP) is 2.32. The molecule has 0 radical (unpaired) electrons. The summed E-state index contributed by atoms with van der Waals surface area (Å²) in [7, 11) is 0. The number of carbonyl (C=O) groups excluding carboxylic acids is 1. The zero-order valence-electron chi connectivity index (χ0n) is 13.4. The van der Waals surface area contributed by atoms with Gasteiger partial charge in [0, 0.05) is 6.20 Å². The highest BCUT2D eigenvalue weighted by Gasteiger charge is 2.40. The molecule has 1 fully saturated rings. The number of carbonyl (C=O) groups is 2. The van der Waals surface area contributed by atoms with Gasteiger partial charge >= 0.3 is 5.97 Å². The molecule has 24 heavy (non-hydrogen) atoms. The molecule has 1 aromatic heterocycles. The molecule has 0 atom stereocenters. The van der Waals surface area contributed by atoms with Gasteiger partial charge in [-0.05, 0) is 30.5 Å². The fourth-order valence-electron chi connectivity index (χ4n) is 3.22. The van der Waals surface area contributed by atoms with Crippen molar-refractivity contribution in [1.29, 1.82) is 0 Å². The highest BCUT2D eigenvalue weighted by Crippen LogP contribution is 2.28. The zero-order valence-corrected chi connectivity index (χ0v) is 13.4. The van der Waals surface area contributed by atoms with Crippen LogP contribution in [0.15, 0.2) is 42.7 Å². The molecule has 3 rings (SSSR count). The standard InChI is InChI=1S/C18H21N3O3/c22-16(20-18(17(23)24)9-5-2-6-10-18)11-14-12-19-21(13-14)15-7-3-1-4-8-15/h1,3-4,7-8,12-13H,2,5-6,9-11H2,(H,20,22)(H,23,24). The number of carboxylic acid groups (broad SMARTS) is 1. The largest absolute Gasteiger partial charge is 0.480 e. The number of nitrogens with one attached hydrogen (secondary N) is 1. The second-order valence-corrected chi connectivity index (χ2v) is 6.30. The van der Waals surface area contributed by atoms with Gasteiger partial charge < -0.3 is 10.4 Å².